The molecule has 1 atom stereocenters. The number of rotatable bonds is 4. The molecule has 4 aliphatic carbocycles. The number of fused-ring (bicyclic) bond motifs is 1. The van der Waals surface area contributed by atoms with Crippen molar-refractivity contribution in [2.75, 3.05) is 12.1 Å². The summed E-state index contributed by atoms with van der Waals surface area (Å²) in [5.74, 6) is 4.12. The number of carbonyl (C=O) groups is 1. The van der Waals surface area contributed by atoms with Crippen molar-refractivity contribution in [3.8, 4) is 11.5 Å². The van der Waals surface area contributed by atoms with Crippen molar-refractivity contribution >= 4 is 11.6 Å². The SMILES string of the molecule is C[C@@H](Nc1ccc2c(c1)OCO2)C(=O)NC12CC3CC(CC(C3)C1)C2. The van der Waals surface area contributed by atoms with Crippen LogP contribution in [0.4, 0.5) is 5.69 Å². The lowest BCUT2D eigenvalue weighted by atomic mass is 9.53. The molecule has 5 heteroatoms. The fraction of sp³-hybridized carbons (Fsp3) is 0.650. The molecule has 5 aliphatic rings. The van der Waals surface area contributed by atoms with Gasteiger partial charge < -0.3 is 20.1 Å². The van der Waals surface area contributed by atoms with Crippen LogP contribution in [0.5, 0.6) is 11.5 Å². The summed E-state index contributed by atoms with van der Waals surface area (Å²) < 4.78 is 10.7. The highest BCUT2D eigenvalue weighted by atomic mass is 16.7. The Morgan fingerprint density at radius 3 is 2.40 bits per heavy atom. The first kappa shape index (κ1) is 15.4. The molecule has 1 aromatic rings. The van der Waals surface area contributed by atoms with Crippen LogP contribution in [0.1, 0.15) is 45.4 Å². The van der Waals surface area contributed by atoms with Gasteiger partial charge in [-0.05, 0) is 75.3 Å². The van der Waals surface area contributed by atoms with Gasteiger partial charge in [-0.1, -0.05) is 0 Å². The van der Waals surface area contributed by atoms with Gasteiger partial charge in [0.05, 0.1) is 0 Å². The molecular formula is C20H26N2O3. The maximum Gasteiger partial charge on any atom is 0.242 e. The van der Waals surface area contributed by atoms with Crippen molar-refractivity contribution in [2.45, 2.75) is 57.0 Å². The van der Waals surface area contributed by atoms with E-state index in [0.29, 0.717) is 0 Å². The number of ether oxygens (including phenoxy) is 2. The Labute approximate surface area is 148 Å². The van der Waals surface area contributed by atoms with Gasteiger partial charge in [0.1, 0.15) is 6.04 Å². The number of amides is 1. The molecular weight excluding hydrogens is 316 g/mol. The van der Waals surface area contributed by atoms with Crippen LogP contribution in [0.25, 0.3) is 0 Å². The molecule has 1 heterocycles. The molecule has 2 N–H and O–H groups in total. The third-order valence-corrected chi connectivity index (χ3v) is 6.58. The molecule has 1 amide bonds. The summed E-state index contributed by atoms with van der Waals surface area (Å²) in [6.07, 6.45) is 7.71. The minimum absolute atomic E-state index is 0.0661. The normalized spacial score (nSPS) is 35.5. The molecule has 1 aliphatic heterocycles. The fourth-order valence-electron chi connectivity index (χ4n) is 5.94. The number of carbonyl (C=O) groups excluding carboxylic acids is 1. The third-order valence-electron chi connectivity index (χ3n) is 6.58. The van der Waals surface area contributed by atoms with Crippen LogP contribution in [0.15, 0.2) is 18.2 Å². The van der Waals surface area contributed by atoms with Gasteiger partial charge in [-0.3, -0.25) is 4.79 Å². The summed E-state index contributed by atoms with van der Waals surface area (Å²) in [4.78, 5) is 12.8. The first-order valence-corrected chi connectivity index (χ1v) is 9.57. The van der Waals surface area contributed by atoms with E-state index in [-0.39, 0.29) is 24.3 Å². The summed E-state index contributed by atoms with van der Waals surface area (Å²) in [6, 6.07) is 5.45. The van der Waals surface area contributed by atoms with E-state index >= 15 is 0 Å². The fourth-order valence-corrected chi connectivity index (χ4v) is 5.94. The third kappa shape index (κ3) is 2.74. The predicted octanol–water partition coefficient (Wildman–Crippen LogP) is 3.30. The first-order valence-electron chi connectivity index (χ1n) is 9.57. The molecule has 1 aromatic carbocycles. The molecule has 25 heavy (non-hydrogen) atoms. The summed E-state index contributed by atoms with van der Waals surface area (Å²) in [6.45, 7) is 2.20. The van der Waals surface area contributed by atoms with Gasteiger partial charge in [0, 0.05) is 17.3 Å². The van der Waals surface area contributed by atoms with Crippen molar-refractivity contribution in [1.82, 2.24) is 5.32 Å². The van der Waals surface area contributed by atoms with E-state index in [1.165, 1.54) is 38.5 Å². The number of hydrogen-bond acceptors (Lipinski definition) is 4. The standard InChI is InChI=1S/C20H26N2O3/c1-12(21-16-2-3-17-18(7-16)25-11-24-17)19(23)22-20-8-13-4-14(9-20)6-15(5-13)10-20/h2-3,7,12-15,21H,4-6,8-11H2,1H3,(H,22,23)/t12-,13?,14?,15?,20?/m1/s1. The Kier molecular flexibility index (Phi) is 3.41. The molecule has 0 unspecified atom stereocenters. The van der Waals surface area contributed by atoms with Gasteiger partial charge in [-0.2, -0.15) is 0 Å². The maximum atomic E-state index is 12.8. The quantitative estimate of drug-likeness (QED) is 0.881. The summed E-state index contributed by atoms with van der Waals surface area (Å²) in [5.41, 5.74) is 0.953. The van der Waals surface area contributed by atoms with Crippen LogP contribution >= 0.6 is 0 Å². The van der Waals surface area contributed by atoms with Crippen molar-refractivity contribution in [3.05, 3.63) is 18.2 Å². The van der Waals surface area contributed by atoms with E-state index in [1.54, 1.807) is 0 Å². The Balaban J connectivity index is 1.25. The van der Waals surface area contributed by atoms with Crippen LogP contribution in [0, 0.1) is 17.8 Å². The van der Waals surface area contributed by atoms with E-state index in [2.05, 4.69) is 10.6 Å². The number of nitrogens with one attached hydrogen (secondary N) is 2. The second-order valence-electron chi connectivity index (χ2n) is 8.62. The van der Waals surface area contributed by atoms with E-state index < -0.39 is 0 Å². The average Bonchev–Trinajstić information content (AvgIpc) is 3.00. The number of benzene rings is 1. The van der Waals surface area contributed by atoms with E-state index in [9.17, 15) is 4.79 Å². The topological polar surface area (TPSA) is 59.6 Å². The smallest absolute Gasteiger partial charge is 0.242 e. The van der Waals surface area contributed by atoms with Crippen molar-refractivity contribution in [2.24, 2.45) is 17.8 Å². The van der Waals surface area contributed by atoms with Crippen LogP contribution in [-0.4, -0.2) is 24.3 Å². The summed E-state index contributed by atoms with van der Waals surface area (Å²) in [5, 5.41) is 6.75. The molecule has 134 valence electrons. The molecule has 0 spiro atoms. The molecule has 0 aromatic heterocycles. The van der Waals surface area contributed by atoms with Gasteiger partial charge in [0.15, 0.2) is 11.5 Å². The van der Waals surface area contributed by atoms with Crippen molar-refractivity contribution in [1.29, 1.82) is 0 Å². The Hall–Kier alpha value is -1.91. The minimum Gasteiger partial charge on any atom is -0.454 e. The van der Waals surface area contributed by atoms with Crippen LogP contribution in [0.3, 0.4) is 0 Å². The molecule has 0 radical (unpaired) electrons. The molecule has 5 nitrogen and oxygen atoms in total. The lowest BCUT2D eigenvalue weighted by Gasteiger charge is -2.57. The van der Waals surface area contributed by atoms with Gasteiger partial charge in [-0.25, -0.2) is 0 Å². The molecule has 0 saturated heterocycles. The van der Waals surface area contributed by atoms with Gasteiger partial charge >= 0.3 is 0 Å². The van der Waals surface area contributed by atoms with Crippen molar-refractivity contribution in [3.63, 3.8) is 0 Å². The first-order chi connectivity index (χ1) is 12.1. The Bertz CT molecular complexity index is 667. The van der Waals surface area contributed by atoms with E-state index in [1.807, 2.05) is 25.1 Å². The van der Waals surface area contributed by atoms with E-state index in [4.69, 9.17) is 9.47 Å². The van der Waals surface area contributed by atoms with E-state index in [0.717, 1.165) is 34.9 Å². The monoisotopic (exact) mass is 342 g/mol. The number of hydrogen-bond donors (Lipinski definition) is 2. The lowest BCUT2D eigenvalue weighted by molar-refractivity contribution is -0.127. The average molecular weight is 342 g/mol. The van der Waals surface area contributed by atoms with Crippen molar-refractivity contribution < 1.29 is 14.3 Å². The molecule has 4 fully saturated rings. The highest BCUT2D eigenvalue weighted by molar-refractivity contribution is 5.85. The lowest BCUT2D eigenvalue weighted by Crippen LogP contribution is -2.61. The van der Waals surface area contributed by atoms with Gasteiger partial charge in [-0.15, -0.1) is 0 Å². The highest BCUT2D eigenvalue weighted by Crippen LogP contribution is 2.55. The summed E-state index contributed by atoms with van der Waals surface area (Å²) in [7, 11) is 0. The largest absolute Gasteiger partial charge is 0.454 e. The molecule has 4 saturated carbocycles. The van der Waals surface area contributed by atoms with Crippen LogP contribution in [-0.2, 0) is 4.79 Å². The zero-order chi connectivity index (χ0) is 17.0. The van der Waals surface area contributed by atoms with Crippen LogP contribution in [0.2, 0.25) is 0 Å². The zero-order valence-electron chi connectivity index (χ0n) is 14.7. The maximum absolute atomic E-state index is 12.8. The van der Waals surface area contributed by atoms with Gasteiger partial charge in [0.25, 0.3) is 0 Å². The Morgan fingerprint density at radius 2 is 1.72 bits per heavy atom. The second-order valence-corrected chi connectivity index (χ2v) is 8.62. The second kappa shape index (κ2) is 5.55. The molecule has 4 bridgehead atoms. The predicted molar refractivity (Wildman–Crippen MR) is 94.7 cm³/mol. The Morgan fingerprint density at radius 1 is 1.08 bits per heavy atom. The number of anilines is 1. The van der Waals surface area contributed by atoms with Crippen LogP contribution < -0.4 is 20.1 Å². The minimum atomic E-state index is -0.270. The highest BCUT2D eigenvalue weighted by Gasteiger charge is 2.51. The van der Waals surface area contributed by atoms with Gasteiger partial charge in [0.2, 0.25) is 12.7 Å². The summed E-state index contributed by atoms with van der Waals surface area (Å²) >= 11 is 0. The molecule has 6 rings (SSSR count). The zero-order valence-corrected chi connectivity index (χ0v) is 14.7.